The fourth-order valence-electron chi connectivity index (χ4n) is 4.03. The van der Waals surface area contributed by atoms with Crippen LogP contribution in [0.3, 0.4) is 0 Å². The number of rotatable bonds is 3. The van der Waals surface area contributed by atoms with Gasteiger partial charge in [0.25, 0.3) is 5.91 Å². The number of nitrogens with one attached hydrogen (secondary N) is 1. The molecule has 5 rings (SSSR count). The number of nitrogens with two attached hydrogens (primary N) is 1. The van der Waals surface area contributed by atoms with E-state index in [9.17, 15) is 9.59 Å². The number of carbonyl (C=O) groups is 2. The average molecular weight is 510 g/mol. The molecule has 3 N–H and O–H groups in total. The number of carbonyl (C=O) groups excluding carboxylic acids is 2. The molecule has 3 amide bonds. The van der Waals surface area contributed by atoms with Gasteiger partial charge in [0.2, 0.25) is 0 Å². The predicted molar refractivity (Wildman–Crippen MR) is 128 cm³/mol. The van der Waals surface area contributed by atoms with Crippen molar-refractivity contribution in [3.05, 3.63) is 63.2 Å². The molecule has 1 aromatic carbocycles. The van der Waals surface area contributed by atoms with E-state index in [0.29, 0.717) is 57.8 Å². The summed E-state index contributed by atoms with van der Waals surface area (Å²) >= 11 is 12.5. The fraction of sp³-hybridized carbons (Fsp3) is 0.182. The van der Waals surface area contributed by atoms with Crippen LogP contribution in [-0.4, -0.2) is 47.8 Å². The highest BCUT2D eigenvalue weighted by Gasteiger charge is 2.30. The lowest BCUT2D eigenvalue weighted by atomic mass is 10.1. The summed E-state index contributed by atoms with van der Waals surface area (Å²) in [6, 6.07) is 7.87. The summed E-state index contributed by atoms with van der Waals surface area (Å²) in [7, 11) is 0. The van der Waals surface area contributed by atoms with E-state index >= 15 is 0 Å². The third-order valence-corrected chi connectivity index (χ3v) is 6.35. The van der Waals surface area contributed by atoms with Crippen LogP contribution in [-0.2, 0) is 13.1 Å². The molecule has 3 aromatic heterocycles. The number of primary amides is 1. The van der Waals surface area contributed by atoms with E-state index in [-0.39, 0.29) is 23.2 Å². The molecule has 35 heavy (non-hydrogen) atoms. The van der Waals surface area contributed by atoms with Gasteiger partial charge in [-0.1, -0.05) is 23.2 Å². The van der Waals surface area contributed by atoms with Crippen molar-refractivity contribution in [1.29, 1.82) is 5.26 Å². The van der Waals surface area contributed by atoms with E-state index in [1.165, 1.54) is 12.1 Å². The summed E-state index contributed by atoms with van der Waals surface area (Å²) in [6.07, 6.45) is 1.75. The summed E-state index contributed by atoms with van der Waals surface area (Å²) in [5.41, 5.74) is 8.67. The maximum atomic E-state index is 12.9. The number of amides is 3. The molecule has 0 atom stereocenters. The minimum absolute atomic E-state index is 0.114. The van der Waals surface area contributed by atoms with Gasteiger partial charge < -0.3 is 16.0 Å². The van der Waals surface area contributed by atoms with E-state index in [2.05, 4.69) is 20.6 Å². The largest absolute Gasteiger partial charge is 0.365 e. The highest BCUT2D eigenvalue weighted by atomic mass is 35.5. The molecule has 1 aliphatic rings. The lowest BCUT2D eigenvalue weighted by molar-refractivity contribution is 0.0997. The van der Waals surface area contributed by atoms with Crippen LogP contribution in [0.25, 0.3) is 16.9 Å². The minimum atomic E-state index is -0.668. The van der Waals surface area contributed by atoms with Crippen molar-refractivity contribution in [3.8, 4) is 17.3 Å². The molecule has 4 heterocycles. The Morgan fingerprint density at radius 1 is 1.17 bits per heavy atom. The maximum absolute atomic E-state index is 12.9. The first-order valence-corrected chi connectivity index (χ1v) is 11.2. The molecule has 4 aromatic rings. The van der Waals surface area contributed by atoms with Crippen LogP contribution in [0.15, 0.2) is 30.5 Å². The van der Waals surface area contributed by atoms with Gasteiger partial charge in [0.1, 0.15) is 17.6 Å². The highest BCUT2D eigenvalue weighted by Crippen LogP contribution is 2.31. The number of urea groups is 1. The molecule has 0 bridgehead atoms. The number of nitrogens with zero attached hydrogens (tertiary/aromatic N) is 7. The van der Waals surface area contributed by atoms with E-state index in [1.54, 1.807) is 39.2 Å². The molecule has 0 spiro atoms. The van der Waals surface area contributed by atoms with Crippen molar-refractivity contribution in [2.45, 2.75) is 20.0 Å². The summed E-state index contributed by atoms with van der Waals surface area (Å²) in [5.74, 6) is -0.0434. The number of pyridine rings is 1. The van der Waals surface area contributed by atoms with Crippen LogP contribution >= 0.6 is 23.2 Å². The molecule has 1 aliphatic heterocycles. The van der Waals surface area contributed by atoms with E-state index in [1.807, 2.05) is 6.07 Å². The quantitative estimate of drug-likeness (QED) is 0.433. The van der Waals surface area contributed by atoms with Crippen molar-refractivity contribution < 1.29 is 9.59 Å². The van der Waals surface area contributed by atoms with Crippen LogP contribution in [0, 0.1) is 18.3 Å². The Morgan fingerprint density at radius 2 is 1.97 bits per heavy atom. The molecular formula is C22H17Cl2N9O2. The van der Waals surface area contributed by atoms with Crippen molar-refractivity contribution in [2.24, 2.45) is 5.73 Å². The number of halogens is 2. The second-order valence-corrected chi connectivity index (χ2v) is 8.75. The van der Waals surface area contributed by atoms with Gasteiger partial charge in [0.15, 0.2) is 5.65 Å². The van der Waals surface area contributed by atoms with Gasteiger partial charge in [-0.25, -0.2) is 4.79 Å². The average Bonchev–Trinajstić information content (AvgIpc) is 3.40. The zero-order valence-electron chi connectivity index (χ0n) is 18.3. The van der Waals surface area contributed by atoms with Gasteiger partial charge >= 0.3 is 6.03 Å². The molecule has 11 nitrogen and oxygen atoms in total. The normalized spacial score (nSPS) is 12.9. The number of aryl methyl sites for hydroxylation is 1. The first kappa shape index (κ1) is 22.6. The van der Waals surface area contributed by atoms with Gasteiger partial charge in [-0.05, 0) is 31.2 Å². The summed E-state index contributed by atoms with van der Waals surface area (Å²) < 4.78 is 3.39. The van der Waals surface area contributed by atoms with Crippen LogP contribution in [0.5, 0.6) is 0 Å². The lowest BCUT2D eigenvalue weighted by Crippen LogP contribution is -2.41. The fourth-order valence-corrected chi connectivity index (χ4v) is 4.50. The van der Waals surface area contributed by atoms with Gasteiger partial charge in [-0.2, -0.15) is 10.4 Å². The standard InChI is InChI=1S/C22H17Cl2N9O2/c1-11-28-29-21-16(24)6-13(9-32(11)21)19-18(20(26)34)17-10-31(4-5-33(17)30-19)22(35)27-14-3-2-12(8-25)15(23)7-14/h2-3,6-7,9H,4-5,10H2,1H3,(H2,26,34)(H,27,35). The van der Waals surface area contributed by atoms with Gasteiger partial charge in [0, 0.05) is 24.0 Å². The SMILES string of the molecule is Cc1nnc2c(Cl)cc(-c3nn4c(c3C(N)=O)CN(C(=O)Nc3ccc(C#N)c(Cl)c3)CC4)cn12. The second-order valence-electron chi connectivity index (χ2n) is 7.93. The van der Waals surface area contributed by atoms with Gasteiger partial charge in [-0.3, -0.25) is 13.9 Å². The minimum Gasteiger partial charge on any atom is -0.365 e. The molecule has 0 aliphatic carbocycles. The summed E-state index contributed by atoms with van der Waals surface area (Å²) in [6.45, 7) is 2.61. The van der Waals surface area contributed by atoms with Crippen molar-refractivity contribution >= 4 is 46.5 Å². The number of fused-ring (bicyclic) bond motifs is 2. The third kappa shape index (κ3) is 3.92. The van der Waals surface area contributed by atoms with Crippen molar-refractivity contribution in [2.75, 3.05) is 11.9 Å². The van der Waals surface area contributed by atoms with E-state index in [4.69, 9.17) is 34.2 Å². The summed E-state index contributed by atoms with van der Waals surface area (Å²) in [4.78, 5) is 27.0. The lowest BCUT2D eigenvalue weighted by Gasteiger charge is -2.28. The molecule has 0 radical (unpaired) electrons. The third-order valence-electron chi connectivity index (χ3n) is 5.76. The van der Waals surface area contributed by atoms with Crippen molar-refractivity contribution in [1.82, 2.24) is 29.3 Å². The molecule has 0 saturated carbocycles. The number of hydrogen-bond donors (Lipinski definition) is 2. The molecule has 176 valence electrons. The Kier molecular flexibility index (Phi) is 5.55. The molecular weight excluding hydrogens is 493 g/mol. The zero-order chi connectivity index (χ0) is 24.9. The monoisotopic (exact) mass is 509 g/mol. The maximum Gasteiger partial charge on any atom is 0.322 e. The summed E-state index contributed by atoms with van der Waals surface area (Å²) in [5, 5.41) is 25.1. The van der Waals surface area contributed by atoms with Crippen LogP contribution in [0.4, 0.5) is 10.5 Å². The number of anilines is 1. The Labute approximate surface area is 208 Å². The van der Waals surface area contributed by atoms with Gasteiger partial charge in [-0.15, -0.1) is 10.2 Å². The number of hydrogen-bond acceptors (Lipinski definition) is 6. The van der Waals surface area contributed by atoms with Crippen LogP contribution in [0.2, 0.25) is 10.0 Å². The van der Waals surface area contributed by atoms with Gasteiger partial charge in [0.05, 0.1) is 40.0 Å². The Bertz CT molecular complexity index is 1570. The van der Waals surface area contributed by atoms with Crippen molar-refractivity contribution in [3.63, 3.8) is 0 Å². The van der Waals surface area contributed by atoms with Crippen LogP contribution < -0.4 is 11.1 Å². The van der Waals surface area contributed by atoms with Crippen LogP contribution in [0.1, 0.15) is 27.4 Å². The number of nitriles is 1. The topological polar surface area (TPSA) is 147 Å². The molecule has 0 saturated heterocycles. The smallest absolute Gasteiger partial charge is 0.322 e. The zero-order valence-corrected chi connectivity index (χ0v) is 19.8. The Hall–Kier alpha value is -4.14. The van der Waals surface area contributed by atoms with E-state index < -0.39 is 5.91 Å². The molecule has 0 unspecified atom stereocenters. The first-order valence-electron chi connectivity index (χ1n) is 10.4. The number of aromatic nitrogens is 5. The predicted octanol–water partition coefficient (Wildman–Crippen LogP) is 3.23. The Morgan fingerprint density at radius 3 is 2.69 bits per heavy atom. The first-order chi connectivity index (χ1) is 16.8. The molecule has 0 fully saturated rings. The number of benzene rings is 1. The molecule has 13 heteroatoms. The van der Waals surface area contributed by atoms with E-state index in [0.717, 1.165) is 0 Å². The second kappa shape index (κ2) is 8.57. The highest BCUT2D eigenvalue weighted by molar-refractivity contribution is 6.33. The Balaban J connectivity index is 1.47.